The van der Waals surface area contributed by atoms with E-state index in [0.717, 1.165) is 0 Å². The van der Waals surface area contributed by atoms with Crippen molar-refractivity contribution < 1.29 is 5.11 Å². The minimum absolute atomic E-state index is 0.288. The van der Waals surface area contributed by atoms with Crippen LogP contribution in [0, 0.1) is 0 Å². The van der Waals surface area contributed by atoms with Gasteiger partial charge in [-0.05, 0) is 37.8 Å². The summed E-state index contributed by atoms with van der Waals surface area (Å²) >= 11 is 1.75. The fraction of sp³-hybridized carbons (Fsp3) is 0.500. The molecule has 3 heteroatoms. The van der Waals surface area contributed by atoms with Gasteiger partial charge in [0.2, 0.25) is 0 Å². The van der Waals surface area contributed by atoms with Crippen molar-refractivity contribution in [3.05, 3.63) is 29.8 Å². The van der Waals surface area contributed by atoms with Crippen LogP contribution in [-0.2, 0) is 0 Å². The Morgan fingerprint density at radius 2 is 1.87 bits per heavy atom. The molecular weight excluding hydrogens is 206 g/mol. The van der Waals surface area contributed by atoms with Crippen molar-refractivity contribution in [1.29, 1.82) is 0 Å². The highest BCUT2D eigenvalue weighted by atomic mass is 32.2. The second-order valence-corrected chi connectivity index (χ2v) is 4.63. The first kappa shape index (κ1) is 12.6. The van der Waals surface area contributed by atoms with Gasteiger partial charge >= 0.3 is 0 Å². The summed E-state index contributed by atoms with van der Waals surface area (Å²) in [5, 5.41) is 12.4. The molecule has 0 amide bonds. The number of rotatable bonds is 5. The van der Waals surface area contributed by atoms with Gasteiger partial charge in [0.1, 0.15) is 0 Å². The summed E-state index contributed by atoms with van der Waals surface area (Å²) in [7, 11) is 0. The monoisotopic (exact) mass is 225 g/mol. The zero-order chi connectivity index (χ0) is 11.3. The molecule has 0 saturated carbocycles. The SMILES string of the molecule is CSc1ccc([C@@H](C)NC[C@H](C)O)cc1. The lowest BCUT2D eigenvalue weighted by molar-refractivity contribution is 0.187. The number of benzene rings is 1. The van der Waals surface area contributed by atoms with Crippen LogP contribution in [0.5, 0.6) is 0 Å². The predicted octanol–water partition coefficient (Wildman–Crippen LogP) is 2.44. The number of hydrogen-bond acceptors (Lipinski definition) is 3. The van der Waals surface area contributed by atoms with Gasteiger partial charge in [-0.25, -0.2) is 0 Å². The smallest absolute Gasteiger partial charge is 0.0636 e. The standard InChI is InChI=1S/C12H19NOS/c1-9(14)8-13-10(2)11-4-6-12(15-3)7-5-11/h4-7,9-10,13-14H,8H2,1-3H3/t9-,10+/m0/s1. The molecule has 0 aliphatic carbocycles. The molecule has 2 atom stereocenters. The number of aliphatic hydroxyl groups is 1. The molecule has 1 rings (SSSR count). The molecular formula is C12H19NOS. The van der Waals surface area contributed by atoms with Crippen LogP contribution in [0.2, 0.25) is 0 Å². The quantitative estimate of drug-likeness (QED) is 0.755. The lowest BCUT2D eigenvalue weighted by Crippen LogP contribution is -2.27. The fourth-order valence-corrected chi connectivity index (χ4v) is 1.77. The van der Waals surface area contributed by atoms with E-state index >= 15 is 0 Å². The van der Waals surface area contributed by atoms with Gasteiger partial charge in [0.15, 0.2) is 0 Å². The molecule has 2 nitrogen and oxygen atoms in total. The lowest BCUT2D eigenvalue weighted by Gasteiger charge is -2.15. The number of nitrogens with one attached hydrogen (secondary N) is 1. The van der Waals surface area contributed by atoms with Gasteiger partial charge < -0.3 is 10.4 Å². The minimum atomic E-state index is -0.294. The van der Waals surface area contributed by atoms with Gasteiger partial charge in [0, 0.05) is 17.5 Å². The molecule has 0 aliphatic heterocycles. The summed E-state index contributed by atoms with van der Waals surface area (Å²) < 4.78 is 0. The van der Waals surface area contributed by atoms with Gasteiger partial charge in [-0.15, -0.1) is 11.8 Å². The number of hydrogen-bond donors (Lipinski definition) is 2. The highest BCUT2D eigenvalue weighted by molar-refractivity contribution is 7.98. The largest absolute Gasteiger partial charge is 0.392 e. The van der Waals surface area contributed by atoms with Crippen molar-refractivity contribution >= 4 is 11.8 Å². The van der Waals surface area contributed by atoms with Crippen LogP contribution < -0.4 is 5.32 Å². The normalized spacial score (nSPS) is 14.9. The molecule has 1 aromatic rings. The molecule has 0 bridgehead atoms. The molecule has 0 aliphatic rings. The van der Waals surface area contributed by atoms with E-state index in [1.54, 1.807) is 18.7 Å². The van der Waals surface area contributed by atoms with Crippen LogP contribution in [0.3, 0.4) is 0 Å². The van der Waals surface area contributed by atoms with Crippen molar-refractivity contribution in [3.8, 4) is 0 Å². The Morgan fingerprint density at radius 3 is 2.33 bits per heavy atom. The van der Waals surface area contributed by atoms with Crippen molar-refractivity contribution in [1.82, 2.24) is 5.32 Å². The second kappa shape index (κ2) is 6.16. The minimum Gasteiger partial charge on any atom is -0.392 e. The highest BCUT2D eigenvalue weighted by Gasteiger charge is 2.05. The van der Waals surface area contributed by atoms with E-state index in [4.69, 9.17) is 5.11 Å². The first-order valence-corrected chi connectivity index (χ1v) is 6.41. The first-order valence-electron chi connectivity index (χ1n) is 5.19. The van der Waals surface area contributed by atoms with Gasteiger partial charge in [0.05, 0.1) is 6.10 Å². The molecule has 0 unspecified atom stereocenters. The maximum absolute atomic E-state index is 9.16. The Balaban J connectivity index is 2.54. The van der Waals surface area contributed by atoms with Crippen LogP contribution >= 0.6 is 11.8 Å². The number of thioether (sulfide) groups is 1. The maximum Gasteiger partial charge on any atom is 0.0636 e. The average Bonchev–Trinajstić information content (AvgIpc) is 2.26. The van der Waals surface area contributed by atoms with Gasteiger partial charge in [-0.2, -0.15) is 0 Å². The summed E-state index contributed by atoms with van der Waals surface area (Å²) in [6.07, 6.45) is 1.78. The van der Waals surface area contributed by atoms with Gasteiger partial charge in [-0.1, -0.05) is 12.1 Å². The lowest BCUT2D eigenvalue weighted by atomic mass is 10.1. The van der Waals surface area contributed by atoms with E-state index in [0.29, 0.717) is 6.54 Å². The Morgan fingerprint density at radius 1 is 1.27 bits per heavy atom. The van der Waals surface area contributed by atoms with Crippen LogP contribution in [0.25, 0.3) is 0 Å². The van der Waals surface area contributed by atoms with E-state index in [1.165, 1.54) is 10.5 Å². The number of aliphatic hydroxyl groups excluding tert-OH is 1. The van der Waals surface area contributed by atoms with Crippen LogP contribution in [0.1, 0.15) is 25.5 Å². The molecule has 0 aromatic heterocycles. The topological polar surface area (TPSA) is 32.3 Å². The summed E-state index contributed by atoms with van der Waals surface area (Å²) in [6, 6.07) is 8.80. The molecule has 0 spiro atoms. The molecule has 84 valence electrons. The summed E-state index contributed by atoms with van der Waals surface area (Å²) in [6.45, 7) is 4.53. The molecule has 0 saturated heterocycles. The van der Waals surface area contributed by atoms with Crippen LogP contribution in [-0.4, -0.2) is 24.0 Å². The van der Waals surface area contributed by atoms with Gasteiger partial charge in [-0.3, -0.25) is 0 Å². The Kier molecular flexibility index (Phi) is 5.15. The fourth-order valence-electron chi connectivity index (χ4n) is 1.36. The van der Waals surface area contributed by atoms with Crippen LogP contribution in [0.15, 0.2) is 29.2 Å². The van der Waals surface area contributed by atoms with E-state index < -0.39 is 0 Å². The zero-order valence-electron chi connectivity index (χ0n) is 9.53. The molecule has 15 heavy (non-hydrogen) atoms. The summed E-state index contributed by atoms with van der Waals surface area (Å²) in [4.78, 5) is 1.28. The molecule has 2 N–H and O–H groups in total. The third kappa shape index (κ3) is 4.24. The van der Waals surface area contributed by atoms with E-state index in [9.17, 15) is 0 Å². The first-order chi connectivity index (χ1) is 7.13. The predicted molar refractivity (Wildman–Crippen MR) is 66.3 cm³/mol. The molecule has 0 fully saturated rings. The van der Waals surface area contributed by atoms with Gasteiger partial charge in [0.25, 0.3) is 0 Å². The zero-order valence-corrected chi connectivity index (χ0v) is 10.3. The van der Waals surface area contributed by atoms with E-state index in [2.05, 4.69) is 42.8 Å². The molecule has 0 heterocycles. The van der Waals surface area contributed by atoms with Crippen molar-refractivity contribution in [2.75, 3.05) is 12.8 Å². The molecule has 1 aromatic carbocycles. The van der Waals surface area contributed by atoms with E-state index in [1.807, 2.05) is 0 Å². The third-order valence-corrected chi connectivity index (χ3v) is 3.08. The highest BCUT2D eigenvalue weighted by Crippen LogP contribution is 2.18. The third-order valence-electron chi connectivity index (χ3n) is 2.34. The Labute approximate surface area is 96.1 Å². The van der Waals surface area contributed by atoms with E-state index in [-0.39, 0.29) is 12.1 Å². The molecule has 0 radical (unpaired) electrons. The average molecular weight is 225 g/mol. The van der Waals surface area contributed by atoms with Crippen molar-refractivity contribution in [2.45, 2.75) is 30.9 Å². The Hall–Kier alpha value is -0.510. The summed E-state index contributed by atoms with van der Waals surface area (Å²) in [5.74, 6) is 0. The van der Waals surface area contributed by atoms with Crippen LogP contribution in [0.4, 0.5) is 0 Å². The Bertz CT molecular complexity index is 284. The van der Waals surface area contributed by atoms with Crippen molar-refractivity contribution in [2.24, 2.45) is 0 Å². The van der Waals surface area contributed by atoms with Crippen molar-refractivity contribution in [3.63, 3.8) is 0 Å². The summed E-state index contributed by atoms with van der Waals surface area (Å²) in [5.41, 5.74) is 1.26. The second-order valence-electron chi connectivity index (χ2n) is 3.75. The maximum atomic E-state index is 9.16.